The van der Waals surface area contributed by atoms with E-state index in [4.69, 9.17) is 0 Å². The monoisotopic (exact) mass is 472 g/mol. The van der Waals surface area contributed by atoms with Crippen LogP contribution in [0.2, 0.25) is 0 Å². The maximum Gasteiger partial charge on any atom is 0.416 e. The number of sulfonamides is 1. The van der Waals surface area contributed by atoms with E-state index >= 15 is 0 Å². The molecule has 2 aromatic carbocycles. The molecule has 0 unspecified atom stereocenters. The number of halogens is 4. The van der Waals surface area contributed by atoms with Gasteiger partial charge in [0, 0.05) is 12.6 Å². The summed E-state index contributed by atoms with van der Waals surface area (Å²) < 4.78 is 79.8. The summed E-state index contributed by atoms with van der Waals surface area (Å²) in [5.74, 6) is -1.05. The van der Waals surface area contributed by atoms with Gasteiger partial charge in [-0.2, -0.15) is 17.5 Å². The van der Waals surface area contributed by atoms with Crippen molar-refractivity contribution in [3.63, 3.8) is 0 Å². The summed E-state index contributed by atoms with van der Waals surface area (Å²) in [7, 11) is -4.45. The number of nitrogens with one attached hydrogen (secondary N) is 1. The first-order valence-corrected chi connectivity index (χ1v) is 11.7. The third-order valence-corrected chi connectivity index (χ3v) is 7.15. The molecule has 2 aromatic rings. The van der Waals surface area contributed by atoms with Gasteiger partial charge >= 0.3 is 6.18 Å². The second kappa shape index (κ2) is 9.99. The van der Waals surface area contributed by atoms with Gasteiger partial charge in [-0.05, 0) is 48.7 Å². The minimum Gasteiger partial charge on any atom is -0.352 e. The van der Waals surface area contributed by atoms with Gasteiger partial charge in [-0.15, -0.1) is 0 Å². The maximum atomic E-state index is 13.2. The number of carbonyl (C=O) groups excluding carboxylic acids is 1. The topological polar surface area (TPSA) is 66.5 Å². The van der Waals surface area contributed by atoms with Crippen molar-refractivity contribution in [2.45, 2.75) is 55.8 Å². The Bertz CT molecular complexity index is 1030. The summed E-state index contributed by atoms with van der Waals surface area (Å²) in [4.78, 5) is 12.0. The first-order chi connectivity index (χ1) is 15.1. The summed E-state index contributed by atoms with van der Waals surface area (Å²) in [5, 5.41) is 2.82. The summed E-state index contributed by atoms with van der Waals surface area (Å²) in [6.07, 6.45) is -0.119. The molecule has 0 spiro atoms. The van der Waals surface area contributed by atoms with Crippen molar-refractivity contribution in [1.82, 2.24) is 9.62 Å². The molecule has 1 fully saturated rings. The van der Waals surface area contributed by atoms with Crippen LogP contribution in [0.3, 0.4) is 0 Å². The van der Waals surface area contributed by atoms with Gasteiger partial charge in [-0.3, -0.25) is 4.79 Å². The highest BCUT2D eigenvalue weighted by atomic mass is 32.2. The van der Waals surface area contributed by atoms with Gasteiger partial charge in [0.05, 0.1) is 17.0 Å². The molecule has 5 nitrogen and oxygen atoms in total. The van der Waals surface area contributed by atoms with Crippen LogP contribution in [-0.2, 0) is 27.5 Å². The molecule has 0 saturated heterocycles. The normalized spacial score (nSPS) is 15.7. The third-order valence-electron chi connectivity index (χ3n) is 5.36. The van der Waals surface area contributed by atoms with Crippen molar-refractivity contribution in [3.8, 4) is 0 Å². The molecule has 1 aliphatic carbocycles. The third kappa shape index (κ3) is 6.29. The summed E-state index contributed by atoms with van der Waals surface area (Å²) in [6, 6.07) is 8.35. The van der Waals surface area contributed by atoms with Crippen LogP contribution in [0.15, 0.2) is 53.4 Å². The summed E-state index contributed by atoms with van der Waals surface area (Å²) in [6.45, 7) is -0.858. The highest BCUT2D eigenvalue weighted by Crippen LogP contribution is 2.31. The van der Waals surface area contributed by atoms with Crippen molar-refractivity contribution in [2.24, 2.45) is 0 Å². The summed E-state index contributed by atoms with van der Waals surface area (Å²) in [5.41, 5.74) is -0.709. The zero-order chi connectivity index (χ0) is 23.4. The molecule has 1 saturated carbocycles. The number of rotatable bonds is 7. The number of alkyl halides is 3. The number of hydrogen-bond donors (Lipinski definition) is 1. The number of carbonyl (C=O) groups is 1. The number of amides is 1. The van der Waals surface area contributed by atoms with Crippen LogP contribution in [0.25, 0.3) is 0 Å². The average molecular weight is 473 g/mol. The number of nitrogens with zero attached hydrogens (tertiary/aromatic N) is 1. The standard InChI is InChI=1S/C22H24F4N2O3S/c23-18-11-9-16(10-12-18)14-28(15-21(29)27-19-6-2-1-3-7-19)32(30,31)20-8-4-5-17(13-20)22(24,25)26/h4-5,8-13,19H,1-3,6-7,14-15H2,(H,27,29). The molecule has 1 N–H and O–H groups in total. The van der Waals surface area contributed by atoms with E-state index in [2.05, 4.69) is 5.32 Å². The van der Waals surface area contributed by atoms with Gasteiger partial charge < -0.3 is 5.32 Å². The zero-order valence-electron chi connectivity index (χ0n) is 17.2. The van der Waals surface area contributed by atoms with E-state index in [0.717, 1.165) is 66.7 Å². The lowest BCUT2D eigenvalue weighted by Crippen LogP contribution is -2.44. The zero-order valence-corrected chi connectivity index (χ0v) is 18.1. The fraction of sp³-hybridized carbons (Fsp3) is 0.409. The number of hydrogen-bond acceptors (Lipinski definition) is 3. The fourth-order valence-electron chi connectivity index (χ4n) is 3.68. The molecular weight excluding hydrogens is 448 g/mol. The van der Waals surface area contributed by atoms with Crippen LogP contribution < -0.4 is 5.32 Å². The average Bonchev–Trinajstić information content (AvgIpc) is 2.75. The Kier molecular flexibility index (Phi) is 7.55. The molecule has 0 bridgehead atoms. The van der Waals surface area contributed by atoms with Gasteiger partial charge in [0.15, 0.2) is 0 Å². The minimum atomic E-state index is -4.72. The largest absolute Gasteiger partial charge is 0.416 e. The second-order valence-electron chi connectivity index (χ2n) is 7.83. The molecule has 0 atom stereocenters. The molecule has 3 rings (SSSR count). The lowest BCUT2D eigenvalue weighted by Gasteiger charge is -2.26. The van der Waals surface area contributed by atoms with Gasteiger partial charge in [-0.1, -0.05) is 37.5 Å². The molecular formula is C22H24F4N2O3S. The smallest absolute Gasteiger partial charge is 0.352 e. The first kappa shape index (κ1) is 24.2. The van der Waals surface area contributed by atoms with E-state index in [-0.39, 0.29) is 12.6 Å². The molecule has 0 radical (unpaired) electrons. The van der Waals surface area contributed by atoms with Gasteiger partial charge in [0.25, 0.3) is 0 Å². The molecule has 1 aliphatic rings. The predicted octanol–water partition coefficient (Wildman–Crippen LogP) is 4.48. The van der Waals surface area contributed by atoms with Crippen molar-refractivity contribution in [1.29, 1.82) is 0 Å². The lowest BCUT2D eigenvalue weighted by molar-refractivity contribution is -0.137. The second-order valence-corrected chi connectivity index (χ2v) is 9.77. The van der Waals surface area contributed by atoms with Crippen LogP contribution in [0.1, 0.15) is 43.2 Å². The minimum absolute atomic E-state index is 0.0554. The van der Waals surface area contributed by atoms with Crippen LogP contribution in [0, 0.1) is 5.82 Å². The van der Waals surface area contributed by atoms with E-state index < -0.39 is 44.9 Å². The highest BCUT2D eigenvalue weighted by Gasteiger charge is 2.34. The van der Waals surface area contributed by atoms with Crippen LogP contribution in [0.4, 0.5) is 17.6 Å². The van der Waals surface area contributed by atoms with Gasteiger partial charge in [0.2, 0.25) is 15.9 Å². The first-order valence-electron chi connectivity index (χ1n) is 10.3. The maximum absolute atomic E-state index is 13.2. The lowest BCUT2D eigenvalue weighted by atomic mass is 9.95. The van der Waals surface area contributed by atoms with E-state index in [1.165, 1.54) is 12.1 Å². The Morgan fingerprint density at radius 1 is 1.03 bits per heavy atom. The van der Waals surface area contributed by atoms with E-state index in [0.29, 0.717) is 11.6 Å². The SMILES string of the molecule is O=C(CN(Cc1ccc(F)cc1)S(=O)(=O)c1cccc(C(F)(F)F)c1)NC1CCCCC1. The molecule has 0 aromatic heterocycles. The van der Waals surface area contributed by atoms with Gasteiger partial charge in [-0.25, -0.2) is 12.8 Å². The van der Waals surface area contributed by atoms with E-state index in [1.807, 2.05) is 0 Å². The van der Waals surface area contributed by atoms with Gasteiger partial charge in [0.1, 0.15) is 5.82 Å². The Hall–Kier alpha value is -2.46. The predicted molar refractivity (Wildman–Crippen MR) is 110 cm³/mol. The fourth-order valence-corrected chi connectivity index (χ4v) is 5.11. The molecule has 32 heavy (non-hydrogen) atoms. The van der Waals surface area contributed by atoms with Crippen LogP contribution >= 0.6 is 0 Å². The molecule has 0 aliphatic heterocycles. The Labute approximate surface area is 184 Å². The van der Waals surface area contributed by atoms with Crippen molar-refractivity contribution in [2.75, 3.05) is 6.54 Å². The number of benzene rings is 2. The summed E-state index contributed by atoms with van der Waals surface area (Å²) >= 11 is 0. The van der Waals surface area contributed by atoms with Crippen molar-refractivity contribution in [3.05, 3.63) is 65.5 Å². The van der Waals surface area contributed by atoms with E-state index in [1.54, 1.807) is 0 Å². The Morgan fingerprint density at radius 3 is 2.31 bits per heavy atom. The van der Waals surface area contributed by atoms with Crippen molar-refractivity contribution >= 4 is 15.9 Å². The Morgan fingerprint density at radius 2 is 1.69 bits per heavy atom. The van der Waals surface area contributed by atoms with Crippen LogP contribution in [0.5, 0.6) is 0 Å². The molecule has 10 heteroatoms. The quantitative estimate of drug-likeness (QED) is 0.604. The Balaban J connectivity index is 1.88. The molecule has 0 heterocycles. The van der Waals surface area contributed by atoms with E-state index in [9.17, 15) is 30.8 Å². The highest BCUT2D eigenvalue weighted by molar-refractivity contribution is 7.89. The van der Waals surface area contributed by atoms with Crippen LogP contribution in [-0.4, -0.2) is 31.2 Å². The molecule has 174 valence electrons. The van der Waals surface area contributed by atoms with Crippen molar-refractivity contribution < 1.29 is 30.8 Å². The molecule has 1 amide bonds.